The molecule has 20 heavy (non-hydrogen) atoms. The lowest BCUT2D eigenvalue weighted by Crippen LogP contribution is -2.49. The molecular formula is C16H24N2O2. The van der Waals surface area contributed by atoms with Gasteiger partial charge in [-0.05, 0) is 44.0 Å². The summed E-state index contributed by atoms with van der Waals surface area (Å²) < 4.78 is 5.95. The predicted octanol–water partition coefficient (Wildman–Crippen LogP) is 1.91. The van der Waals surface area contributed by atoms with Crippen molar-refractivity contribution in [3.05, 3.63) is 29.8 Å². The minimum absolute atomic E-state index is 0.224. The Morgan fingerprint density at radius 1 is 1.50 bits per heavy atom. The quantitative estimate of drug-likeness (QED) is 0.882. The van der Waals surface area contributed by atoms with Gasteiger partial charge in [0.05, 0.1) is 12.7 Å². The van der Waals surface area contributed by atoms with Gasteiger partial charge in [0.1, 0.15) is 5.75 Å². The number of hydrogen-bond donors (Lipinski definition) is 2. The van der Waals surface area contributed by atoms with Gasteiger partial charge < -0.3 is 15.2 Å². The van der Waals surface area contributed by atoms with E-state index >= 15 is 0 Å². The van der Waals surface area contributed by atoms with Gasteiger partial charge in [0.15, 0.2) is 0 Å². The van der Waals surface area contributed by atoms with E-state index in [1.54, 1.807) is 6.07 Å². The molecule has 2 fully saturated rings. The Hall–Kier alpha value is -1.10. The Morgan fingerprint density at radius 2 is 2.40 bits per heavy atom. The number of phenolic OH excluding ortho intramolecular Hbond substituents is 1. The molecule has 4 heteroatoms. The van der Waals surface area contributed by atoms with E-state index in [4.69, 9.17) is 4.74 Å². The fourth-order valence-electron chi connectivity index (χ4n) is 3.23. The predicted molar refractivity (Wildman–Crippen MR) is 78.9 cm³/mol. The molecule has 0 aliphatic carbocycles. The minimum atomic E-state index is 0.224. The van der Waals surface area contributed by atoms with E-state index in [2.05, 4.69) is 17.1 Å². The van der Waals surface area contributed by atoms with Crippen LogP contribution in [0.4, 0.5) is 0 Å². The van der Waals surface area contributed by atoms with Crippen LogP contribution in [0.5, 0.6) is 5.75 Å². The zero-order valence-electron chi connectivity index (χ0n) is 12.1. The Morgan fingerprint density at radius 3 is 3.25 bits per heavy atom. The zero-order chi connectivity index (χ0) is 13.9. The summed E-state index contributed by atoms with van der Waals surface area (Å²) >= 11 is 0. The van der Waals surface area contributed by atoms with Gasteiger partial charge in [-0.1, -0.05) is 12.1 Å². The van der Waals surface area contributed by atoms with Crippen LogP contribution in [0.1, 0.15) is 31.4 Å². The van der Waals surface area contributed by atoms with Crippen LogP contribution in [0, 0.1) is 0 Å². The van der Waals surface area contributed by atoms with Crippen molar-refractivity contribution in [1.82, 2.24) is 10.2 Å². The molecule has 3 atom stereocenters. The number of nitrogens with one attached hydrogen (secondary N) is 1. The Balaban J connectivity index is 1.49. The molecule has 0 radical (unpaired) electrons. The number of fused-ring (bicyclic) bond motifs is 1. The highest BCUT2D eigenvalue weighted by molar-refractivity contribution is 5.29. The van der Waals surface area contributed by atoms with Crippen LogP contribution in [0.2, 0.25) is 0 Å². The van der Waals surface area contributed by atoms with Crippen LogP contribution in [0.15, 0.2) is 24.3 Å². The van der Waals surface area contributed by atoms with E-state index in [0.29, 0.717) is 11.8 Å². The van der Waals surface area contributed by atoms with Gasteiger partial charge in [-0.25, -0.2) is 0 Å². The Bertz CT molecular complexity index is 452. The second kappa shape index (κ2) is 6.12. The maximum atomic E-state index is 9.52. The van der Waals surface area contributed by atoms with E-state index in [1.165, 1.54) is 19.4 Å². The third-order valence-corrected chi connectivity index (χ3v) is 4.48. The van der Waals surface area contributed by atoms with E-state index in [9.17, 15) is 5.11 Å². The van der Waals surface area contributed by atoms with Crippen LogP contribution >= 0.6 is 0 Å². The number of nitrogens with zero attached hydrogens (tertiary/aromatic N) is 1. The lowest BCUT2D eigenvalue weighted by Gasteiger charge is -2.35. The van der Waals surface area contributed by atoms with Crippen molar-refractivity contribution in [2.24, 2.45) is 0 Å². The molecule has 2 aliphatic heterocycles. The number of ether oxygens (including phenoxy) is 1. The summed E-state index contributed by atoms with van der Waals surface area (Å²) in [5.41, 5.74) is 1.11. The summed E-state index contributed by atoms with van der Waals surface area (Å²) in [6, 6.07) is 8.32. The van der Waals surface area contributed by atoms with Crippen molar-refractivity contribution in [2.75, 3.05) is 26.2 Å². The number of aromatic hydroxyl groups is 1. The molecule has 3 unspecified atom stereocenters. The van der Waals surface area contributed by atoms with Crippen molar-refractivity contribution < 1.29 is 9.84 Å². The molecule has 2 aliphatic rings. The standard InChI is InChI=1S/C16H24N2O2/c1-12(13-4-2-6-15(19)8-13)17-9-16-10-18-7-3-5-14(18)11-20-16/h2,4,6,8,12,14,16-17,19H,3,5,7,9-11H2,1H3. The molecule has 0 saturated carbocycles. The molecule has 1 aromatic carbocycles. The maximum absolute atomic E-state index is 9.52. The third kappa shape index (κ3) is 3.14. The van der Waals surface area contributed by atoms with Crippen molar-refractivity contribution in [2.45, 2.75) is 38.0 Å². The number of rotatable bonds is 4. The van der Waals surface area contributed by atoms with Crippen molar-refractivity contribution in [1.29, 1.82) is 0 Å². The lowest BCUT2D eigenvalue weighted by molar-refractivity contribution is -0.0477. The van der Waals surface area contributed by atoms with Gasteiger partial charge in [-0.3, -0.25) is 4.90 Å². The summed E-state index contributed by atoms with van der Waals surface area (Å²) in [7, 11) is 0. The van der Waals surface area contributed by atoms with Gasteiger partial charge in [0.25, 0.3) is 0 Å². The van der Waals surface area contributed by atoms with Gasteiger partial charge in [0.2, 0.25) is 0 Å². The first-order valence-corrected chi connectivity index (χ1v) is 7.60. The van der Waals surface area contributed by atoms with Crippen molar-refractivity contribution >= 4 is 0 Å². The Kier molecular flexibility index (Phi) is 4.24. The highest BCUT2D eigenvalue weighted by Gasteiger charge is 2.32. The fourth-order valence-corrected chi connectivity index (χ4v) is 3.23. The molecule has 110 valence electrons. The summed E-state index contributed by atoms with van der Waals surface area (Å²) in [5.74, 6) is 0.324. The zero-order valence-corrected chi connectivity index (χ0v) is 12.1. The third-order valence-electron chi connectivity index (χ3n) is 4.48. The van der Waals surface area contributed by atoms with E-state index in [0.717, 1.165) is 25.3 Å². The normalized spacial score (nSPS) is 28.2. The lowest BCUT2D eigenvalue weighted by atomic mass is 10.1. The highest BCUT2D eigenvalue weighted by Crippen LogP contribution is 2.23. The molecule has 0 spiro atoms. The molecule has 1 aromatic rings. The van der Waals surface area contributed by atoms with Gasteiger partial charge in [-0.15, -0.1) is 0 Å². The number of hydrogen-bond acceptors (Lipinski definition) is 4. The van der Waals surface area contributed by atoms with E-state index in [1.807, 2.05) is 18.2 Å². The first-order valence-electron chi connectivity index (χ1n) is 7.60. The maximum Gasteiger partial charge on any atom is 0.115 e. The van der Waals surface area contributed by atoms with Crippen molar-refractivity contribution in [3.63, 3.8) is 0 Å². The SMILES string of the molecule is CC(NCC1CN2CCCC2CO1)c1cccc(O)c1. The number of morpholine rings is 1. The summed E-state index contributed by atoms with van der Waals surface area (Å²) in [5, 5.41) is 13.0. The Labute approximate surface area is 120 Å². The van der Waals surface area contributed by atoms with Gasteiger partial charge >= 0.3 is 0 Å². The number of benzene rings is 1. The average molecular weight is 276 g/mol. The smallest absolute Gasteiger partial charge is 0.115 e. The monoisotopic (exact) mass is 276 g/mol. The first kappa shape index (κ1) is 13.9. The minimum Gasteiger partial charge on any atom is -0.508 e. The van der Waals surface area contributed by atoms with Gasteiger partial charge in [0, 0.05) is 25.2 Å². The molecule has 4 nitrogen and oxygen atoms in total. The van der Waals surface area contributed by atoms with Crippen LogP contribution < -0.4 is 5.32 Å². The molecule has 3 rings (SSSR count). The van der Waals surface area contributed by atoms with Crippen LogP contribution in [-0.2, 0) is 4.74 Å². The topological polar surface area (TPSA) is 44.7 Å². The van der Waals surface area contributed by atoms with E-state index in [-0.39, 0.29) is 12.1 Å². The highest BCUT2D eigenvalue weighted by atomic mass is 16.5. The van der Waals surface area contributed by atoms with Crippen LogP contribution in [0.25, 0.3) is 0 Å². The summed E-state index contributed by atoms with van der Waals surface area (Å²) in [6.07, 6.45) is 2.89. The summed E-state index contributed by atoms with van der Waals surface area (Å²) in [6.45, 7) is 6.14. The van der Waals surface area contributed by atoms with Crippen LogP contribution in [0.3, 0.4) is 0 Å². The second-order valence-corrected chi connectivity index (χ2v) is 5.97. The molecule has 0 bridgehead atoms. The second-order valence-electron chi connectivity index (χ2n) is 5.97. The van der Waals surface area contributed by atoms with Crippen LogP contribution in [-0.4, -0.2) is 48.4 Å². The average Bonchev–Trinajstić information content (AvgIpc) is 2.92. The van der Waals surface area contributed by atoms with Gasteiger partial charge in [-0.2, -0.15) is 0 Å². The molecule has 2 heterocycles. The largest absolute Gasteiger partial charge is 0.508 e. The molecule has 2 N–H and O–H groups in total. The van der Waals surface area contributed by atoms with Crippen molar-refractivity contribution in [3.8, 4) is 5.75 Å². The van der Waals surface area contributed by atoms with E-state index < -0.39 is 0 Å². The molecular weight excluding hydrogens is 252 g/mol. The molecule has 0 amide bonds. The molecule has 0 aromatic heterocycles. The summed E-state index contributed by atoms with van der Waals surface area (Å²) in [4.78, 5) is 2.56. The number of phenols is 1. The molecule has 2 saturated heterocycles. The fraction of sp³-hybridized carbons (Fsp3) is 0.625. The first-order chi connectivity index (χ1) is 9.72.